The van der Waals surface area contributed by atoms with E-state index in [-0.39, 0.29) is 0 Å². The zero-order chi connectivity index (χ0) is 12.7. The van der Waals surface area contributed by atoms with Gasteiger partial charge in [0.2, 0.25) is 0 Å². The van der Waals surface area contributed by atoms with Crippen LogP contribution in [-0.4, -0.2) is 0 Å². The highest BCUT2D eigenvalue weighted by molar-refractivity contribution is 14.1. The summed E-state index contributed by atoms with van der Waals surface area (Å²) in [5.41, 5.74) is 2.60. The van der Waals surface area contributed by atoms with E-state index in [9.17, 15) is 0 Å². The van der Waals surface area contributed by atoms with E-state index in [0.29, 0.717) is 0 Å². The summed E-state index contributed by atoms with van der Waals surface area (Å²) in [5, 5.41) is 0. The minimum Gasteiger partial charge on any atom is -0.0654 e. The highest BCUT2D eigenvalue weighted by atomic mass is 127. The van der Waals surface area contributed by atoms with Crippen LogP contribution in [0, 0.1) is 6.92 Å². The van der Waals surface area contributed by atoms with Crippen LogP contribution in [0.25, 0.3) is 4.48 Å². The lowest BCUT2D eigenvalue weighted by atomic mass is 10.1. The molecule has 17 heavy (non-hydrogen) atoms. The van der Waals surface area contributed by atoms with Crippen molar-refractivity contribution in [3.8, 4) is 0 Å². The molecule has 0 aromatic heterocycles. The van der Waals surface area contributed by atoms with Crippen molar-refractivity contribution >= 4 is 43.0 Å². The summed E-state index contributed by atoms with van der Waals surface area (Å²) in [7, 11) is 0. The molecule has 0 nitrogen and oxygen atoms in total. The van der Waals surface area contributed by atoms with Crippen LogP contribution in [0.3, 0.4) is 0 Å². The second-order valence-corrected chi connectivity index (χ2v) is 6.49. The third kappa shape index (κ3) is 5.56. The maximum Gasteiger partial charge on any atom is 0.0340 e. The van der Waals surface area contributed by atoms with Crippen molar-refractivity contribution < 1.29 is 0 Å². The first-order valence-electron chi connectivity index (χ1n) is 6.26. The minimum absolute atomic E-state index is 1.19. The van der Waals surface area contributed by atoms with Crippen LogP contribution in [0.15, 0.2) is 27.8 Å². The predicted molar refractivity (Wildman–Crippen MR) is 89.8 cm³/mol. The molecular formula is C15H20BrI. The number of halogens is 2. The number of allylic oxidation sites excluding steroid dienone is 1. The van der Waals surface area contributed by atoms with Gasteiger partial charge in [-0.3, -0.25) is 0 Å². The lowest BCUT2D eigenvalue weighted by Gasteiger charge is -2.05. The molecule has 0 heterocycles. The molecule has 0 N–H and O–H groups in total. The normalized spacial score (nSPS) is 12.5. The maximum absolute atomic E-state index is 3.72. The summed E-state index contributed by atoms with van der Waals surface area (Å²) in [6.07, 6.45) is 6.49. The molecule has 0 unspecified atom stereocenters. The second-order valence-electron chi connectivity index (χ2n) is 4.40. The van der Waals surface area contributed by atoms with Gasteiger partial charge < -0.3 is 0 Å². The smallest absolute Gasteiger partial charge is 0.0340 e. The lowest BCUT2D eigenvalue weighted by molar-refractivity contribution is 0.674. The van der Waals surface area contributed by atoms with Crippen molar-refractivity contribution in [1.29, 1.82) is 0 Å². The molecule has 0 saturated heterocycles. The number of aryl methyl sites for hydroxylation is 1. The Kier molecular flexibility index (Phi) is 7.44. The molecule has 0 aliphatic heterocycles. The Bertz CT molecular complexity index is 365. The molecule has 2 heteroatoms. The van der Waals surface area contributed by atoms with Crippen LogP contribution in [0.2, 0.25) is 0 Å². The largest absolute Gasteiger partial charge is 0.0654 e. The monoisotopic (exact) mass is 406 g/mol. The molecule has 1 aromatic rings. The van der Waals surface area contributed by atoms with Crippen molar-refractivity contribution in [2.45, 2.75) is 46.0 Å². The summed E-state index contributed by atoms with van der Waals surface area (Å²) in [4.78, 5) is 0. The zero-order valence-corrected chi connectivity index (χ0v) is 14.3. The van der Waals surface area contributed by atoms with Crippen LogP contribution in [0.1, 0.15) is 50.2 Å². The third-order valence-corrected chi connectivity index (χ3v) is 5.55. The molecular weight excluding hydrogens is 387 g/mol. The van der Waals surface area contributed by atoms with E-state index in [0.717, 1.165) is 0 Å². The molecule has 0 radical (unpaired) electrons. The van der Waals surface area contributed by atoms with Gasteiger partial charge in [0, 0.05) is 8.06 Å². The summed E-state index contributed by atoms with van der Waals surface area (Å²) >= 11 is 6.18. The van der Waals surface area contributed by atoms with Crippen molar-refractivity contribution in [3.63, 3.8) is 0 Å². The Morgan fingerprint density at radius 2 is 1.76 bits per heavy atom. The van der Waals surface area contributed by atoms with E-state index in [1.54, 1.807) is 0 Å². The number of hydrogen-bond acceptors (Lipinski definition) is 0. The number of benzene rings is 1. The van der Waals surface area contributed by atoms with Crippen molar-refractivity contribution in [2.75, 3.05) is 0 Å². The average Bonchev–Trinajstić information content (AvgIpc) is 2.34. The summed E-state index contributed by atoms with van der Waals surface area (Å²) in [6.45, 7) is 4.38. The highest BCUT2D eigenvalue weighted by Gasteiger charge is 2.03. The number of rotatable bonds is 6. The van der Waals surface area contributed by atoms with Crippen LogP contribution < -0.4 is 0 Å². The van der Waals surface area contributed by atoms with E-state index < -0.39 is 0 Å². The standard InChI is InChI=1S/C15H20BrI/c1-3-4-5-6-7-14(17)15(16)13-10-8-12(2)9-11-13/h8-11H,3-7H2,1-2H3/b15-14+. The quantitative estimate of drug-likeness (QED) is 0.375. The number of unbranched alkanes of at least 4 members (excludes halogenated alkanes) is 3. The van der Waals surface area contributed by atoms with Crippen molar-refractivity contribution in [2.24, 2.45) is 0 Å². The second kappa shape index (κ2) is 8.30. The SMILES string of the molecule is CCCCCC/C(I)=C(\Br)c1ccc(C)cc1. The van der Waals surface area contributed by atoms with Gasteiger partial charge in [-0.25, -0.2) is 0 Å². The van der Waals surface area contributed by atoms with Crippen molar-refractivity contribution in [1.82, 2.24) is 0 Å². The average molecular weight is 407 g/mol. The van der Waals surface area contributed by atoms with Crippen LogP contribution in [0.5, 0.6) is 0 Å². The van der Waals surface area contributed by atoms with E-state index in [4.69, 9.17) is 0 Å². The molecule has 0 amide bonds. The Labute approximate surface area is 127 Å². The molecule has 0 aliphatic carbocycles. The molecule has 1 aromatic carbocycles. The molecule has 0 spiro atoms. The first-order valence-corrected chi connectivity index (χ1v) is 8.13. The van der Waals surface area contributed by atoms with Gasteiger partial charge in [0.15, 0.2) is 0 Å². The van der Waals surface area contributed by atoms with Gasteiger partial charge in [0.25, 0.3) is 0 Å². The fraction of sp³-hybridized carbons (Fsp3) is 0.467. The predicted octanol–water partition coefficient (Wildman–Crippen LogP) is 6.46. The zero-order valence-electron chi connectivity index (χ0n) is 10.6. The molecule has 0 fully saturated rings. The molecule has 0 aliphatic rings. The first kappa shape index (κ1) is 15.2. The van der Waals surface area contributed by atoms with E-state index in [1.807, 2.05) is 0 Å². The fourth-order valence-electron chi connectivity index (χ4n) is 1.67. The lowest BCUT2D eigenvalue weighted by Crippen LogP contribution is -1.83. The van der Waals surface area contributed by atoms with Crippen molar-refractivity contribution in [3.05, 3.63) is 39.0 Å². The van der Waals surface area contributed by atoms with Gasteiger partial charge in [-0.15, -0.1) is 0 Å². The molecule has 0 bridgehead atoms. The molecule has 0 saturated carbocycles. The minimum atomic E-state index is 1.19. The Hall–Kier alpha value is 0.170. The summed E-state index contributed by atoms with van der Waals surface area (Å²) < 4.78 is 2.69. The number of hydrogen-bond donors (Lipinski definition) is 0. The molecule has 0 atom stereocenters. The van der Waals surface area contributed by atoms with E-state index in [1.165, 1.54) is 51.3 Å². The summed E-state index contributed by atoms with van der Waals surface area (Å²) in [6, 6.07) is 8.70. The van der Waals surface area contributed by atoms with Crippen LogP contribution in [-0.2, 0) is 0 Å². The van der Waals surface area contributed by atoms with Gasteiger partial charge in [-0.05, 0) is 63.8 Å². The maximum atomic E-state index is 3.72. The van der Waals surface area contributed by atoms with Gasteiger partial charge in [0.1, 0.15) is 0 Å². The van der Waals surface area contributed by atoms with Gasteiger partial charge in [-0.1, -0.05) is 56.0 Å². The molecule has 1 rings (SSSR count). The van der Waals surface area contributed by atoms with Gasteiger partial charge >= 0.3 is 0 Å². The van der Waals surface area contributed by atoms with Crippen LogP contribution in [0.4, 0.5) is 0 Å². The highest BCUT2D eigenvalue weighted by Crippen LogP contribution is 2.32. The fourth-order valence-corrected chi connectivity index (χ4v) is 2.83. The Balaban J connectivity index is 2.59. The summed E-state index contributed by atoms with van der Waals surface area (Å²) in [5.74, 6) is 0. The molecule has 94 valence electrons. The van der Waals surface area contributed by atoms with Crippen LogP contribution >= 0.6 is 38.5 Å². The Morgan fingerprint density at radius 3 is 2.35 bits per heavy atom. The van der Waals surface area contributed by atoms with Gasteiger partial charge in [0.05, 0.1) is 0 Å². The first-order chi connectivity index (χ1) is 8.15. The third-order valence-electron chi connectivity index (χ3n) is 2.79. The van der Waals surface area contributed by atoms with Gasteiger partial charge in [-0.2, -0.15) is 0 Å². The van der Waals surface area contributed by atoms with E-state index in [2.05, 4.69) is 76.6 Å². The Morgan fingerprint density at radius 1 is 1.12 bits per heavy atom. The topological polar surface area (TPSA) is 0 Å². The van der Waals surface area contributed by atoms with E-state index >= 15 is 0 Å².